The van der Waals surface area contributed by atoms with Gasteiger partial charge in [0.25, 0.3) is 0 Å². The van der Waals surface area contributed by atoms with Gasteiger partial charge >= 0.3 is 0 Å². The summed E-state index contributed by atoms with van der Waals surface area (Å²) in [6.45, 7) is 0.234. The second-order valence-corrected chi connectivity index (χ2v) is 1.34. The normalized spacial score (nSPS) is 8.40. The molecule has 0 unspecified atom stereocenters. The molecule has 7 nitrogen and oxygen atoms in total. The number of carbonyl (C=O) groups is 1. The van der Waals surface area contributed by atoms with Crippen molar-refractivity contribution >= 4 is 6.41 Å². The Balaban J connectivity index is 2.90. The molecule has 0 aliphatic carbocycles. The van der Waals surface area contributed by atoms with E-state index in [0.717, 1.165) is 0 Å². The smallest absolute Gasteiger partial charge is 0.208 e. The zero-order valence-corrected chi connectivity index (χ0v) is 5.16. The van der Waals surface area contributed by atoms with Gasteiger partial charge in [0.15, 0.2) is 5.03 Å². The van der Waals surface area contributed by atoms with Crippen molar-refractivity contribution in [3.05, 3.63) is 10.1 Å². The van der Waals surface area contributed by atoms with Crippen LogP contribution in [0.5, 0.6) is 0 Å². The fourth-order valence-electron chi connectivity index (χ4n) is 0.297. The SMILES string of the molecule is O=CNCNCN[N+](=O)[O-]. The van der Waals surface area contributed by atoms with Crippen molar-refractivity contribution in [1.82, 2.24) is 16.1 Å². The van der Waals surface area contributed by atoms with E-state index in [4.69, 9.17) is 0 Å². The molecule has 10 heavy (non-hydrogen) atoms. The van der Waals surface area contributed by atoms with Crippen LogP contribution >= 0.6 is 0 Å². The maximum Gasteiger partial charge on any atom is 0.208 e. The predicted octanol–water partition coefficient (Wildman–Crippen LogP) is -1.98. The van der Waals surface area contributed by atoms with Gasteiger partial charge in [0.2, 0.25) is 6.41 Å². The second kappa shape index (κ2) is 5.76. The molecule has 0 radical (unpaired) electrons. The van der Waals surface area contributed by atoms with Crippen LogP contribution in [0.15, 0.2) is 0 Å². The Kier molecular flexibility index (Phi) is 4.97. The van der Waals surface area contributed by atoms with Gasteiger partial charge in [-0.05, 0) is 0 Å². The third kappa shape index (κ3) is 6.63. The first-order valence-electron chi connectivity index (χ1n) is 2.53. The lowest BCUT2D eigenvalue weighted by molar-refractivity contribution is -0.544. The third-order valence-electron chi connectivity index (χ3n) is 0.644. The number of nitro groups is 1. The first kappa shape index (κ1) is 8.63. The molecule has 0 aromatic carbocycles. The molecule has 0 aliphatic rings. The van der Waals surface area contributed by atoms with Gasteiger partial charge in [0, 0.05) is 0 Å². The van der Waals surface area contributed by atoms with Gasteiger partial charge in [-0.3, -0.25) is 10.1 Å². The average Bonchev–Trinajstić information content (AvgIpc) is 1.87. The van der Waals surface area contributed by atoms with E-state index in [1.165, 1.54) is 0 Å². The van der Waals surface area contributed by atoms with Crippen molar-refractivity contribution in [2.75, 3.05) is 13.3 Å². The minimum absolute atomic E-state index is 0.0217. The Labute approximate surface area is 56.9 Å². The summed E-state index contributed by atoms with van der Waals surface area (Å²) in [5, 5.41) is 13.7. The van der Waals surface area contributed by atoms with Crippen molar-refractivity contribution in [3.63, 3.8) is 0 Å². The van der Waals surface area contributed by atoms with Crippen molar-refractivity contribution in [2.45, 2.75) is 0 Å². The topological polar surface area (TPSA) is 96.3 Å². The van der Waals surface area contributed by atoms with Gasteiger partial charge in [0.1, 0.15) is 6.67 Å². The van der Waals surface area contributed by atoms with Crippen LogP contribution in [0.2, 0.25) is 0 Å². The van der Waals surface area contributed by atoms with E-state index in [-0.39, 0.29) is 13.3 Å². The number of hydrogen-bond donors (Lipinski definition) is 3. The highest BCUT2D eigenvalue weighted by atomic mass is 16.7. The summed E-state index contributed by atoms with van der Waals surface area (Å²) in [7, 11) is 0. The molecule has 3 N–H and O–H groups in total. The number of nitrogens with zero attached hydrogens (tertiary/aromatic N) is 1. The monoisotopic (exact) mass is 148 g/mol. The Morgan fingerprint density at radius 3 is 2.70 bits per heavy atom. The van der Waals surface area contributed by atoms with E-state index in [1.54, 1.807) is 0 Å². The van der Waals surface area contributed by atoms with Gasteiger partial charge in [-0.1, -0.05) is 0 Å². The molecule has 0 fully saturated rings. The molecule has 0 heterocycles. The van der Waals surface area contributed by atoms with E-state index < -0.39 is 5.03 Å². The quantitative estimate of drug-likeness (QED) is 0.133. The molecule has 0 saturated heterocycles. The summed E-state index contributed by atoms with van der Waals surface area (Å²) in [4.78, 5) is 19.2. The lowest BCUT2D eigenvalue weighted by atomic mass is 10.9. The van der Waals surface area contributed by atoms with Gasteiger partial charge in [-0.2, -0.15) is 0 Å². The number of carbonyl (C=O) groups excluding carboxylic acids is 1. The molecule has 0 bridgehead atoms. The minimum Gasteiger partial charge on any atom is -0.346 e. The fraction of sp³-hybridized carbons (Fsp3) is 0.667. The Morgan fingerprint density at radius 1 is 1.50 bits per heavy atom. The van der Waals surface area contributed by atoms with Crippen LogP contribution in [-0.4, -0.2) is 24.8 Å². The second-order valence-electron chi connectivity index (χ2n) is 1.34. The van der Waals surface area contributed by atoms with E-state index >= 15 is 0 Å². The lowest BCUT2D eigenvalue weighted by Gasteiger charge is -1.98. The number of amides is 1. The van der Waals surface area contributed by atoms with E-state index in [2.05, 4.69) is 10.6 Å². The predicted molar refractivity (Wildman–Crippen MR) is 32.2 cm³/mol. The molecule has 7 heteroatoms. The molecule has 0 aromatic heterocycles. The van der Waals surface area contributed by atoms with Gasteiger partial charge in [-0.25, -0.2) is 10.1 Å². The molecular formula is C3H8N4O3. The fourth-order valence-corrected chi connectivity index (χ4v) is 0.297. The van der Waals surface area contributed by atoms with E-state index in [0.29, 0.717) is 6.41 Å². The number of nitrogens with one attached hydrogen (secondary N) is 3. The highest BCUT2D eigenvalue weighted by Gasteiger charge is 1.89. The van der Waals surface area contributed by atoms with Crippen LogP contribution < -0.4 is 16.1 Å². The van der Waals surface area contributed by atoms with Crippen LogP contribution in [0.3, 0.4) is 0 Å². The van der Waals surface area contributed by atoms with Crippen LogP contribution in [-0.2, 0) is 4.79 Å². The standard InChI is InChI=1S/C3H8N4O3/c8-3-5-1-4-2-6-7(9)10/h3-4,6H,1-2H2,(H,5,8). The summed E-state index contributed by atoms with van der Waals surface area (Å²) in [6, 6.07) is 0. The molecule has 58 valence electrons. The van der Waals surface area contributed by atoms with Crippen LogP contribution in [0.4, 0.5) is 0 Å². The number of rotatable bonds is 6. The van der Waals surface area contributed by atoms with Crippen LogP contribution in [0.1, 0.15) is 0 Å². The first-order chi connectivity index (χ1) is 4.77. The maximum atomic E-state index is 9.60. The molecule has 0 aromatic rings. The van der Waals surface area contributed by atoms with Crippen molar-refractivity contribution in [2.24, 2.45) is 0 Å². The Morgan fingerprint density at radius 2 is 2.20 bits per heavy atom. The van der Waals surface area contributed by atoms with Gasteiger partial charge in [0.05, 0.1) is 6.67 Å². The summed E-state index contributed by atoms with van der Waals surface area (Å²) >= 11 is 0. The van der Waals surface area contributed by atoms with E-state index in [1.807, 2.05) is 5.43 Å². The van der Waals surface area contributed by atoms with Crippen LogP contribution in [0, 0.1) is 10.1 Å². The zero-order chi connectivity index (χ0) is 7.82. The van der Waals surface area contributed by atoms with Crippen molar-refractivity contribution in [3.8, 4) is 0 Å². The molecule has 1 amide bonds. The molecule has 0 atom stereocenters. The van der Waals surface area contributed by atoms with Crippen molar-refractivity contribution < 1.29 is 9.83 Å². The first-order valence-corrected chi connectivity index (χ1v) is 2.53. The molecule has 0 rings (SSSR count). The largest absolute Gasteiger partial charge is 0.346 e. The molecule has 0 saturated carbocycles. The summed E-state index contributed by atoms with van der Waals surface area (Å²) in [6.07, 6.45) is 0.499. The lowest BCUT2D eigenvalue weighted by Crippen LogP contribution is -2.37. The maximum absolute atomic E-state index is 9.60. The Bertz CT molecular complexity index is 116. The average molecular weight is 148 g/mol. The Hall–Kier alpha value is -1.37. The summed E-state index contributed by atoms with van der Waals surface area (Å²) in [5.74, 6) is 0. The molecular weight excluding hydrogens is 140 g/mol. The minimum atomic E-state index is -0.673. The van der Waals surface area contributed by atoms with Gasteiger partial charge < -0.3 is 5.32 Å². The number of hydrazine groups is 1. The highest BCUT2D eigenvalue weighted by molar-refractivity contribution is 5.45. The third-order valence-corrected chi connectivity index (χ3v) is 0.644. The van der Waals surface area contributed by atoms with Gasteiger partial charge in [-0.15, -0.1) is 5.43 Å². The summed E-state index contributed by atoms with van der Waals surface area (Å²) < 4.78 is 0. The molecule has 0 aliphatic heterocycles. The van der Waals surface area contributed by atoms with Crippen molar-refractivity contribution in [1.29, 1.82) is 0 Å². The summed E-state index contributed by atoms with van der Waals surface area (Å²) in [5.41, 5.74) is 1.86. The number of hydrogen-bond acceptors (Lipinski definition) is 4. The van der Waals surface area contributed by atoms with Crippen LogP contribution in [0.25, 0.3) is 0 Å². The molecule has 0 spiro atoms. The van der Waals surface area contributed by atoms with E-state index in [9.17, 15) is 14.9 Å². The highest BCUT2D eigenvalue weighted by Crippen LogP contribution is 1.52. The zero-order valence-electron chi connectivity index (χ0n) is 5.16.